The predicted molar refractivity (Wildman–Crippen MR) is 166 cm³/mol. The van der Waals surface area contributed by atoms with Crippen LogP contribution in [0.15, 0.2) is 112 Å². The zero-order valence-electron chi connectivity index (χ0n) is 21.7. The van der Waals surface area contributed by atoms with Gasteiger partial charge in [0.2, 0.25) is 5.91 Å². The van der Waals surface area contributed by atoms with Crippen molar-refractivity contribution in [3.8, 4) is 0 Å². The average Bonchev–Trinajstić information content (AvgIpc) is 2.95. The number of halogens is 3. The second-order valence-corrected chi connectivity index (χ2v) is 11.6. The van der Waals surface area contributed by atoms with E-state index in [4.69, 9.17) is 11.6 Å². The molecule has 0 radical (unpaired) electrons. The summed E-state index contributed by atoms with van der Waals surface area (Å²) in [6.45, 7) is 1.70. The summed E-state index contributed by atoms with van der Waals surface area (Å²) in [5.41, 5.74) is 1.64. The Morgan fingerprint density at radius 3 is 2.34 bits per heavy atom. The van der Waals surface area contributed by atoms with Crippen molar-refractivity contribution < 1.29 is 18.8 Å². The van der Waals surface area contributed by atoms with E-state index in [9.17, 15) is 18.8 Å². The van der Waals surface area contributed by atoms with E-state index in [1.54, 1.807) is 97.9 Å². The third kappa shape index (κ3) is 8.78. The molecule has 0 heterocycles. The number of nitrogens with one attached hydrogen (secondary N) is 3. The smallest absolute Gasteiger partial charge is 0.272 e. The molecule has 0 saturated heterocycles. The Hall–Kier alpha value is -3.92. The summed E-state index contributed by atoms with van der Waals surface area (Å²) in [6, 6.07) is 26.7. The molecule has 41 heavy (non-hydrogen) atoms. The molecule has 4 rings (SSSR count). The molecule has 1 unspecified atom stereocenters. The van der Waals surface area contributed by atoms with Crippen molar-refractivity contribution >= 4 is 74.5 Å². The van der Waals surface area contributed by atoms with Gasteiger partial charge in [0.05, 0.1) is 10.9 Å². The number of rotatable bonds is 9. The third-order valence-electron chi connectivity index (χ3n) is 5.67. The fourth-order valence-corrected chi connectivity index (χ4v) is 4.98. The van der Waals surface area contributed by atoms with Crippen LogP contribution in [0.1, 0.15) is 22.8 Å². The van der Waals surface area contributed by atoms with E-state index < -0.39 is 22.9 Å². The predicted octanol–water partition coefficient (Wildman–Crippen LogP) is 7.77. The van der Waals surface area contributed by atoms with Crippen molar-refractivity contribution in [3.63, 3.8) is 0 Å². The molecule has 0 aliphatic rings. The number of benzene rings is 4. The van der Waals surface area contributed by atoms with E-state index in [1.807, 2.05) is 0 Å². The molecule has 0 aliphatic heterocycles. The van der Waals surface area contributed by atoms with Crippen LogP contribution in [0.3, 0.4) is 0 Å². The number of thioether (sulfide) groups is 1. The van der Waals surface area contributed by atoms with Crippen LogP contribution >= 0.6 is 39.3 Å². The summed E-state index contributed by atoms with van der Waals surface area (Å²) < 4.78 is 14.7. The first-order chi connectivity index (χ1) is 19.7. The van der Waals surface area contributed by atoms with Crippen molar-refractivity contribution in [3.05, 3.63) is 129 Å². The van der Waals surface area contributed by atoms with E-state index >= 15 is 0 Å². The molecular formula is C31H24BrClFN3O3S. The zero-order valence-corrected chi connectivity index (χ0v) is 24.8. The summed E-state index contributed by atoms with van der Waals surface area (Å²) in [5, 5.41) is 8.08. The van der Waals surface area contributed by atoms with E-state index in [-0.39, 0.29) is 17.3 Å². The Balaban J connectivity index is 1.47. The molecule has 4 aromatic rings. The second kappa shape index (κ2) is 14.1. The van der Waals surface area contributed by atoms with Crippen LogP contribution in [-0.4, -0.2) is 23.0 Å². The normalized spacial score (nSPS) is 11.9. The molecule has 6 nitrogen and oxygen atoms in total. The van der Waals surface area contributed by atoms with Crippen LogP contribution in [0.4, 0.5) is 15.8 Å². The standard InChI is InChI=1S/C31H24BrClFN3O3S/c1-19(29(38)36-27-15-12-22(32)17-26(27)34)41-25-9-5-8-24(18-25)35-31(40)28(16-20-10-13-23(33)14-11-20)37-30(39)21-6-3-2-4-7-21/h2-19H,1H3,(H,35,40)(H,36,38)(H,37,39)/b28-16-. The van der Waals surface area contributed by atoms with Crippen molar-refractivity contribution in [1.82, 2.24) is 5.32 Å². The van der Waals surface area contributed by atoms with Gasteiger partial charge in [-0.1, -0.05) is 63.9 Å². The molecule has 10 heteroatoms. The summed E-state index contributed by atoms with van der Waals surface area (Å²) in [5.74, 6) is -1.89. The first-order valence-corrected chi connectivity index (χ1v) is 14.4. The average molecular weight is 653 g/mol. The molecule has 1 atom stereocenters. The highest BCUT2D eigenvalue weighted by molar-refractivity contribution is 9.10. The van der Waals surface area contributed by atoms with E-state index in [2.05, 4.69) is 31.9 Å². The van der Waals surface area contributed by atoms with Gasteiger partial charge in [-0.3, -0.25) is 14.4 Å². The zero-order chi connectivity index (χ0) is 29.4. The highest BCUT2D eigenvalue weighted by Gasteiger charge is 2.18. The summed E-state index contributed by atoms with van der Waals surface area (Å²) >= 11 is 10.4. The molecule has 208 valence electrons. The van der Waals surface area contributed by atoms with E-state index in [0.29, 0.717) is 31.2 Å². The quantitative estimate of drug-likeness (QED) is 0.127. The van der Waals surface area contributed by atoms with Gasteiger partial charge in [0, 0.05) is 25.6 Å². The maximum atomic E-state index is 14.1. The number of hydrogen-bond donors (Lipinski definition) is 3. The lowest BCUT2D eigenvalue weighted by molar-refractivity contribution is -0.115. The molecule has 0 fully saturated rings. The number of hydrogen-bond acceptors (Lipinski definition) is 4. The van der Waals surface area contributed by atoms with E-state index in [1.165, 1.54) is 23.9 Å². The van der Waals surface area contributed by atoms with Gasteiger partial charge >= 0.3 is 0 Å². The Morgan fingerprint density at radius 2 is 1.63 bits per heavy atom. The third-order valence-corrected chi connectivity index (χ3v) is 7.51. The van der Waals surface area contributed by atoms with Gasteiger partial charge in [-0.15, -0.1) is 11.8 Å². The molecular weight excluding hydrogens is 629 g/mol. The van der Waals surface area contributed by atoms with Gasteiger partial charge in [0.25, 0.3) is 11.8 Å². The highest BCUT2D eigenvalue weighted by atomic mass is 79.9. The van der Waals surface area contributed by atoms with E-state index in [0.717, 1.165) is 0 Å². The first kappa shape index (κ1) is 30.0. The molecule has 0 saturated carbocycles. The topological polar surface area (TPSA) is 87.3 Å². The lowest BCUT2D eigenvalue weighted by Crippen LogP contribution is -2.30. The van der Waals surface area contributed by atoms with Gasteiger partial charge < -0.3 is 16.0 Å². The Morgan fingerprint density at radius 1 is 0.902 bits per heavy atom. The Bertz CT molecular complexity index is 1600. The summed E-state index contributed by atoms with van der Waals surface area (Å²) in [4.78, 5) is 39.6. The van der Waals surface area contributed by atoms with Crippen LogP contribution in [0.5, 0.6) is 0 Å². The van der Waals surface area contributed by atoms with Gasteiger partial charge in [-0.25, -0.2) is 4.39 Å². The van der Waals surface area contributed by atoms with Crippen molar-refractivity contribution in [1.29, 1.82) is 0 Å². The molecule has 3 amide bonds. The molecule has 0 aromatic heterocycles. The lowest BCUT2D eigenvalue weighted by Gasteiger charge is -2.14. The van der Waals surface area contributed by atoms with Crippen LogP contribution in [0, 0.1) is 5.82 Å². The minimum Gasteiger partial charge on any atom is -0.323 e. The van der Waals surface area contributed by atoms with Gasteiger partial charge in [-0.2, -0.15) is 0 Å². The lowest BCUT2D eigenvalue weighted by atomic mass is 10.1. The summed E-state index contributed by atoms with van der Waals surface area (Å²) in [6.07, 6.45) is 1.55. The molecule has 3 N–H and O–H groups in total. The second-order valence-electron chi connectivity index (χ2n) is 8.79. The number of carbonyl (C=O) groups is 3. The minimum atomic E-state index is -0.561. The fraction of sp³-hybridized carbons (Fsp3) is 0.0645. The van der Waals surface area contributed by atoms with Gasteiger partial charge in [-0.05, 0) is 79.2 Å². The van der Waals surface area contributed by atoms with Crippen molar-refractivity contribution in [2.45, 2.75) is 17.1 Å². The van der Waals surface area contributed by atoms with Crippen molar-refractivity contribution in [2.24, 2.45) is 0 Å². The number of amides is 3. The maximum Gasteiger partial charge on any atom is 0.272 e. The Kier molecular flexibility index (Phi) is 10.3. The maximum absolute atomic E-state index is 14.1. The van der Waals surface area contributed by atoms with Crippen LogP contribution < -0.4 is 16.0 Å². The first-order valence-electron chi connectivity index (χ1n) is 12.4. The van der Waals surface area contributed by atoms with Crippen molar-refractivity contribution in [2.75, 3.05) is 10.6 Å². The van der Waals surface area contributed by atoms with Gasteiger partial charge in [0.1, 0.15) is 11.5 Å². The molecule has 4 aromatic carbocycles. The number of anilines is 2. The molecule has 0 bridgehead atoms. The number of carbonyl (C=O) groups excluding carboxylic acids is 3. The fourth-order valence-electron chi connectivity index (χ4n) is 3.60. The van der Waals surface area contributed by atoms with Crippen LogP contribution in [0.25, 0.3) is 6.08 Å². The Labute approximate surface area is 254 Å². The SMILES string of the molecule is CC(Sc1cccc(NC(=O)/C(=C/c2ccc(Cl)cc2)NC(=O)c2ccccc2)c1)C(=O)Nc1ccc(Br)cc1F. The highest BCUT2D eigenvalue weighted by Crippen LogP contribution is 2.28. The largest absolute Gasteiger partial charge is 0.323 e. The minimum absolute atomic E-state index is 0.0310. The summed E-state index contributed by atoms with van der Waals surface area (Å²) in [7, 11) is 0. The monoisotopic (exact) mass is 651 g/mol. The molecule has 0 aliphatic carbocycles. The van der Waals surface area contributed by atoms with Crippen LogP contribution in [-0.2, 0) is 9.59 Å². The van der Waals surface area contributed by atoms with Gasteiger partial charge in [0.15, 0.2) is 0 Å². The molecule has 0 spiro atoms. The van der Waals surface area contributed by atoms with Crippen LogP contribution in [0.2, 0.25) is 5.02 Å².